The van der Waals surface area contributed by atoms with Crippen LogP contribution in [0.4, 0.5) is 19.7 Å². The number of anilines is 2. The molecule has 5 heterocycles. The van der Waals surface area contributed by atoms with Crippen molar-refractivity contribution in [3.05, 3.63) is 40.7 Å². The van der Waals surface area contributed by atoms with Gasteiger partial charge < -0.3 is 15.4 Å². The van der Waals surface area contributed by atoms with E-state index in [1.165, 1.54) is 12.8 Å². The third-order valence-corrected chi connectivity index (χ3v) is 8.33. The number of nitriles is 1. The maximum atomic E-state index is 16.2. The highest BCUT2D eigenvalue weighted by atomic mass is 32.1. The van der Waals surface area contributed by atoms with Gasteiger partial charge in [-0.2, -0.15) is 5.26 Å². The number of pyridine rings is 1. The molecule has 3 aromatic heterocycles. The molecule has 0 spiro atoms. The molecule has 1 fully saturated rings. The predicted octanol–water partition coefficient (Wildman–Crippen LogP) is 6.96. The van der Waals surface area contributed by atoms with Crippen LogP contribution in [0.5, 0.6) is 0 Å². The number of nitrogens with two attached hydrogens (primary N) is 1. The van der Waals surface area contributed by atoms with Gasteiger partial charge >= 0.3 is 0 Å². The number of nitrogens with zero attached hydrogens (tertiary/aromatic N) is 5. The molecule has 0 bridgehead atoms. The molecule has 4 aromatic rings. The molecule has 1 aromatic carbocycles. The molecule has 0 saturated carbocycles. The number of benzene rings is 1. The monoisotopic (exact) mass is 550 g/mol. The van der Waals surface area contributed by atoms with Crippen LogP contribution >= 0.6 is 11.3 Å². The van der Waals surface area contributed by atoms with Gasteiger partial charge in [0.2, 0.25) is 5.95 Å². The second-order valence-corrected chi connectivity index (χ2v) is 11.8. The highest BCUT2D eigenvalue weighted by Gasteiger charge is 2.30. The third-order valence-electron chi connectivity index (χ3n) is 7.30. The van der Waals surface area contributed by atoms with Crippen LogP contribution < -0.4 is 10.6 Å². The van der Waals surface area contributed by atoms with E-state index in [-0.39, 0.29) is 50.6 Å². The summed E-state index contributed by atoms with van der Waals surface area (Å²) in [7, 11) is 0. The van der Waals surface area contributed by atoms with Crippen molar-refractivity contribution in [3.63, 3.8) is 0 Å². The molecule has 1 unspecified atom stereocenters. The summed E-state index contributed by atoms with van der Waals surface area (Å²) in [6.07, 6.45) is 6.43. The number of fused-ring (bicyclic) bond motifs is 4. The Morgan fingerprint density at radius 2 is 2.00 bits per heavy atom. The zero-order valence-corrected chi connectivity index (χ0v) is 23.5. The Hall–Kier alpha value is -3.42. The molecular weight excluding hydrogens is 518 g/mol. The van der Waals surface area contributed by atoms with Crippen molar-refractivity contribution in [2.45, 2.75) is 60.2 Å². The van der Waals surface area contributed by atoms with Gasteiger partial charge in [-0.15, -0.1) is 11.3 Å². The average molecular weight is 551 g/mol. The van der Waals surface area contributed by atoms with Gasteiger partial charge in [0.1, 0.15) is 16.6 Å². The van der Waals surface area contributed by atoms with Crippen LogP contribution in [-0.4, -0.2) is 28.0 Å². The molecule has 7 nitrogen and oxygen atoms in total. The number of rotatable bonds is 4. The van der Waals surface area contributed by atoms with Crippen LogP contribution in [0.3, 0.4) is 0 Å². The number of hydrogen-bond acceptors (Lipinski definition) is 8. The van der Waals surface area contributed by atoms with Gasteiger partial charge in [0, 0.05) is 35.6 Å². The van der Waals surface area contributed by atoms with Crippen LogP contribution in [-0.2, 0) is 18.0 Å². The summed E-state index contributed by atoms with van der Waals surface area (Å²) < 4.78 is 36.6. The van der Waals surface area contributed by atoms with E-state index in [1.54, 1.807) is 6.20 Å². The smallest absolute Gasteiger partial charge is 0.225 e. The fourth-order valence-electron chi connectivity index (χ4n) is 5.39. The summed E-state index contributed by atoms with van der Waals surface area (Å²) in [5, 5.41) is 10.6. The molecule has 0 amide bonds. The van der Waals surface area contributed by atoms with Gasteiger partial charge in [-0.25, -0.2) is 18.7 Å². The van der Waals surface area contributed by atoms with E-state index in [0.29, 0.717) is 22.8 Å². The van der Waals surface area contributed by atoms with Gasteiger partial charge in [0.25, 0.3) is 0 Å². The van der Waals surface area contributed by atoms with Crippen LogP contribution in [0, 0.1) is 34.8 Å². The lowest BCUT2D eigenvalue weighted by Crippen LogP contribution is -2.21. The Labute approximate surface area is 230 Å². The first kappa shape index (κ1) is 27.2. The average Bonchev–Trinajstić information content (AvgIpc) is 3.64. The Morgan fingerprint density at radius 3 is 2.64 bits per heavy atom. The van der Waals surface area contributed by atoms with E-state index in [0.717, 1.165) is 48.5 Å². The summed E-state index contributed by atoms with van der Waals surface area (Å²) in [6.45, 7) is 11.0. The van der Waals surface area contributed by atoms with Gasteiger partial charge in [-0.1, -0.05) is 40.5 Å². The van der Waals surface area contributed by atoms with Crippen molar-refractivity contribution < 1.29 is 13.5 Å². The maximum Gasteiger partial charge on any atom is 0.225 e. The van der Waals surface area contributed by atoms with Crippen LogP contribution in [0.1, 0.15) is 63.6 Å². The topological polar surface area (TPSA) is 101 Å². The highest BCUT2D eigenvalue weighted by Crippen LogP contribution is 2.45. The number of nitrogen functional groups attached to an aromatic ring is 1. The van der Waals surface area contributed by atoms with Crippen molar-refractivity contribution in [2.24, 2.45) is 11.8 Å². The summed E-state index contributed by atoms with van der Waals surface area (Å²) in [5.41, 5.74) is 7.98. The minimum atomic E-state index is -0.603. The fraction of sp³-hybridized carbons (Fsp3) is 0.448. The van der Waals surface area contributed by atoms with Crippen molar-refractivity contribution in [1.29, 1.82) is 5.26 Å². The molecule has 1 atom stereocenters. The highest BCUT2D eigenvalue weighted by molar-refractivity contribution is 7.23. The van der Waals surface area contributed by atoms with Crippen molar-refractivity contribution in [1.82, 2.24) is 15.0 Å². The minimum Gasteiger partial charge on any atom is -0.389 e. The SMILES string of the molecule is CC1CCN(c2ncc3c4c(c(-c5ncc(F)c6sc(N)c(C#N)c56)c(F)c3n2)COC4)C1.CCCC(C)C. The molecule has 0 radical (unpaired) electrons. The van der Waals surface area contributed by atoms with Gasteiger partial charge in [0.05, 0.1) is 35.4 Å². The molecule has 1 saturated heterocycles. The van der Waals surface area contributed by atoms with E-state index in [4.69, 9.17) is 10.5 Å². The molecule has 6 rings (SSSR count). The quantitative estimate of drug-likeness (QED) is 0.293. The summed E-state index contributed by atoms with van der Waals surface area (Å²) >= 11 is 0.955. The largest absolute Gasteiger partial charge is 0.389 e. The van der Waals surface area contributed by atoms with Gasteiger partial charge in [0.15, 0.2) is 11.6 Å². The van der Waals surface area contributed by atoms with E-state index < -0.39 is 11.6 Å². The molecule has 2 N–H and O–H groups in total. The molecular formula is C29H32F2N6OS. The first-order chi connectivity index (χ1) is 18.7. The number of thiophene rings is 1. The number of hydrogen-bond donors (Lipinski definition) is 1. The lowest BCUT2D eigenvalue weighted by atomic mass is 9.94. The molecule has 0 aliphatic carbocycles. The molecule has 2 aliphatic rings. The second-order valence-electron chi connectivity index (χ2n) is 10.7. The summed E-state index contributed by atoms with van der Waals surface area (Å²) in [4.78, 5) is 15.4. The second kappa shape index (κ2) is 11.0. The van der Waals surface area contributed by atoms with Crippen molar-refractivity contribution in [2.75, 3.05) is 23.7 Å². The van der Waals surface area contributed by atoms with E-state index in [9.17, 15) is 9.65 Å². The van der Waals surface area contributed by atoms with Crippen molar-refractivity contribution in [3.8, 4) is 17.3 Å². The normalized spacial score (nSPS) is 16.6. The maximum absolute atomic E-state index is 16.2. The van der Waals surface area contributed by atoms with Gasteiger partial charge in [-0.3, -0.25) is 4.98 Å². The third kappa shape index (κ3) is 4.90. The minimum absolute atomic E-state index is 0.0959. The Balaban J connectivity index is 0.000000465. The zero-order valence-electron chi connectivity index (χ0n) is 22.6. The number of halogens is 2. The Bertz CT molecular complexity index is 1600. The van der Waals surface area contributed by atoms with Crippen LogP contribution in [0.2, 0.25) is 0 Å². The molecule has 39 heavy (non-hydrogen) atoms. The summed E-state index contributed by atoms with van der Waals surface area (Å²) in [5.74, 6) is 0.705. The first-order valence-electron chi connectivity index (χ1n) is 13.3. The van der Waals surface area contributed by atoms with Gasteiger partial charge in [-0.05, 0) is 29.4 Å². The predicted molar refractivity (Wildman–Crippen MR) is 151 cm³/mol. The van der Waals surface area contributed by atoms with E-state index >= 15 is 4.39 Å². The lowest BCUT2D eigenvalue weighted by Gasteiger charge is -2.18. The van der Waals surface area contributed by atoms with Crippen LogP contribution in [0.15, 0.2) is 12.4 Å². The number of aromatic nitrogens is 3. The van der Waals surface area contributed by atoms with E-state index in [2.05, 4.69) is 47.5 Å². The standard InChI is InChI=1S/C23H18F2N6OS.C6H14/c1-10-2-3-31(7-10)23-29-5-12-13-8-32-9-14(13)16(18(25)19(12)30-23)20-17-11(4-26)22(27)33-21(17)15(24)6-28-20;1-4-5-6(2)3/h5-6,10H,2-3,7-9,27H2,1H3;6H,4-5H2,1-3H3. The molecule has 2 aliphatic heterocycles. The molecule has 10 heteroatoms. The zero-order chi connectivity index (χ0) is 27.8. The summed E-state index contributed by atoms with van der Waals surface area (Å²) in [6, 6.07) is 2.02. The lowest BCUT2D eigenvalue weighted by molar-refractivity contribution is 0.135. The fourth-order valence-corrected chi connectivity index (χ4v) is 6.31. The van der Waals surface area contributed by atoms with Crippen LogP contribution in [0.25, 0.3) is 32.2 Å². The van der Waals surface area contributed by atoms with E-state index in [1.807, 2.05) is 6.07 Å². The number of ether oxygens (including phenoxy) is 1. The first-order valence-corrected chi connectivity index (χ1v) is 14.2. The Kier molecular flexibility index (Phi) is 7.65. The Morgan fingerprint density at radius 1 is 1.23 bits per heavy atom. The van der Waals surface area contributed by atoms with Crippen molar-refractivity contribution >= 4 is 43.3 Å². The molecule has 204 valence electrons.